The topological polar surface area (TPSA) is 119 Å². The molecule has 1 aromatic carbocycles. The molecule has 0 spiro atoms. The molecule has 1 atom stereocenters. The monoisotopic (exact) mass is 521 g/mol. The first kappa shape index (κ1) is 26.0. The second-order valence-electron chi connectivity index (χ2n) is 9.56. The molecule has 0 aromatic heterocycles. The van der Waals surface area contributed by atoms with E-state index in [2.05, 4.69) is 10.6 Å². The SMILES string of the molecule is Cl.O=C1CCC(N2C(=O)c3cc(F)c(N4CCN(C(=O)CC5CCNCC5)CC4)cc3C2=O)C(=O)N1. The van der Waals surface area contributed by atoms with Crippen molar-refractivity contribution in [1.29, 1.82) is 0 Å². The quantitative estimate of drug-likeness (QED) is 0.559. The van der Waals surface area contributed by atoms with E-state index in [0.717, 1.165) is 36.9 Å². The number of benzene rings is 1. The first-order chi connectivity index (χ1) is 16.8. The molecule has 0 bridgehead atoms. The van der Waals surface area contributed by atoms with Crippen LogP contribution in [0.5, 0.6) is 0 Å². The number of fused-ring (bicyclic) bond motifs is 1. The molecular formula is C24H29ClFN5O5. The summed E-state index contributed by atoms with van der Waals surface area (Å²) < 4.78 is 15.1. The van der Waals surface area contributed by atoms with Gasteiger partial charge in [0.05, 0.1) is 16.8 Å². The van der Waals surface area contributed by atoms with Crippen LogP contribution in [-0.2, 0) is 14.4 Å². The van der Waals surface area contributed by atoms with E-state index in [1.807, 2.05) is 4.90 Å². The summed E-state index contributed by atoms with van der Waals surface area (Å²) in [5, 5.41) is 5.44. The van der Waals surface area contributed by atoms with Gasteiger partial charge in [-0.15, -0.1) is 12.4 Å². The highest BCUT2D eigenvalue weighted by molar-refractivity contribution is 6.23. The van der Waals surface area contributed by atoms with Crippen LogP contribution < -0.4 is 15.5 Å². The molecule has 2 N–H and O–H groups in total. The van der Waals surface area contributed by atoms with Gasteiger partial charge in [-0.3, -0.25) is 34.2 Å². The van der Waals surface area contributed by atoms with E-state index in [1.54, 1.807) is 4.90 Å². The Labute approximate surface area is 213 Å². The lowest BCUT2D eigenvalue weighted by Gasteiger charge is -2.37. The number of rotatable bonds is 4. The predicted molar refractivity (Wildman–Crippen MR) is 129 cm³/mol. The molecule has 0 saturated carbocycles. The van der Waals surface area contributed by atoms with Gasteiger partial charge >= 0.3 is 0 Å². The van der Waals surface area contributed by atoms with Crippen LogP contribution in [0.15, 0.2) is 12.1 Å². The number of piperidine rings is 2. The van der Waals surface area contributed by atoms with Gasteiger partial charge in [-0.1, -0.05) is 0 Å². The summed E-state index contributed by atoms with van der Waals surface area (Å²) in [5.74, 6) is -2.69. The van der Waals surface area contributed by atoms with Crippen molar-refractivity contribution >= 4 is 47.6 Å². The molecule has 36 heavy (non-hydrogen) atoms. The van der Waals surface area contributed by atoms with Crippen molar-refractivity contribution in [3.05, 3.63) is 29.1 Å². The molecule has 194 valence electrons. The summed E-state index contributed by atoms with van der Waals surface area (Å²) >= 11 is 0. The minimum atomic E-state index is -1.10. The normalized spacial score (nSPS) is 22.9. The minimum absolute atomic E-state index is 0. The molecule has 3 saturated heterocycles. The van der Waals surface area contributed by atoms with Gasteiger partial charge in [0.25, 0.3) is 11.8 Å². The molecule has 5 rings (SSSR count). The molecule has 10 nitrogen and oxygen atoms in total. The number of carbonyl (C=O) groups excluding carboxylic acids is 5. The fourth-order valence-electron chi connectivity index (χ4n) is 5.38. The third-order valence-electron chi connectivity index (χ3n) is 7.40. The third-order valence-corrected chi connectivity index (χ3v) is 7.40. The molecule has 1 aromatic rings. The van der Waals surface area contributed by atoms with Gasteiger partial charge in [-0.25, -0.2) is 4.39 Å². The maximum Gasteiger partial charge on any atom is 0.262 e. The standard InChI is InChI=1S/C24H28FN5O5.ClH/c25-17-12-15-16(24(35)30(23(15)34)18-1-2-20(31)27-22(18)33)13-19(17)28-7-9-29(10-8-28)21(32)11-14-3-5-26-6-4-14;/h12-14,18,26H,1-11H2,(H,27,31,33);1H. The van der Waals surface area contributed by atoms with Crippen LogP contribution in [0.1, 0.15) is 52.8 Å². The van der Waals surface area contributed by atoms with Crippen LogP contribution in [0.25, 0.3) is 0 Å². The Hall–Kier alpha value is -3.05. The van der Waals surface area contributed by atoms with Crippen LogP contribution in [0, 0.1) is 11.7 Å². The number of nitrogens with zero attached hydrogens (tertiary/aromatic N) is 3. The summed E-state index contributed by atoms with van der Waals surface area (Å²) in [6.45, 7) is 3.60. The molecule has 4 aliphatic rings. The third kappa shape index (κ3) is 4.81. The largest absolute Gasteiger partial charge is 0.366 e. The Morgan fingerprint density at radius 1 is 0.944 bits per heavy atom. The smallest absolute Gasteiger partial charge is 0.262 e. The highest BCUT2D eigenvalue weighted by Crippen LogP contribution is 2.33. The maximum atomic E-state index is 15.1. The van der Waals surface area contributed by atoms with Crippen molar-refractivity contribution in [3.8, 4) is 0 Å². The lowest BCUT2D eigenvalue weighted by molar-refractivity contribution is -0.136. The van der Waals surface area contributed by atoms with Gasteiger partial charge in [0.1, 0.15) is 11.9 Å². The number of nitrogens with one attached hydrogen (secondary N) is 2. The van der Waals surface area contributed by atoms with E-state index < -0.39 is 35.5 Å². The average molecular weight is 522 g/mol. The Bertz CT molecular complexity index is 1100. The summed E-state index contributed by atoms with van der Waals surface area (Å²) in [6, 6.07) is 1.32. The number of imide groups is 2. The van der Waals surface area contributed by atoms with Crippen molar-refractivity contribution in [2.24, 2.45) is 5.92 Å². The fourth-order valence-corrected chi connectivity index (χ4v) is 5.38. The summed E-state index contributed by atoms with van der Waals surface area (Å²) in [5.41, 5.74) is 0.151. The van der Waals surface area contributed by atoms with E-state index in [9.17, 15) is 24.0 Å². The van der Waals surface area contributed by atoms with Gasteiger partial charge in [0, 0.05) is 39.0 Å². The first-order valence-electron chi connectivity index (χ1n) is 12.1. The zero-order valence-electron chi connectivity index (χ0n) is 19.8. The van der Waals surface area contributed by atoms with E-state index in [4.69, 9.17) is 0 Å². The van der Waals surface area contributed by atoms with E-state index in [-0.39, 0.29) is 48.0 Å². The number of hydrogen-bond donors (Lipinski definition) is 2. The van der Waals surface area contributed by atoms with Gasteiger partial charge < -0.3 is 15.1 Å². The fraction of sp³-hybridized carbons (Fsp3) is 0.542. The number of piperazine rings is 1. The van der Waals surface area contributed by atoms with Crippen LogP contribution in [0.2, 0.25) is 0 Å². The lowest BCUT2D eigenvalue weighted by Crippen LogP contribution is -2.54. The molecule has 5 amide bonds. The molecule has 3 fully saturated rings. The van der Waals surface area contributed by atoms with Crippen molar-refractivity contribution in [1.82, 2.24) is 20.4 Å². The van der Waals surface area contributed by atoms with Crippen LogP contribution >= 0.6 is 12.4 Å². The van der Waals surface area contributed by atoms with Gasteiger partial charge in [0.15, 0.2) is 0 Å². The lowest BCUT2D eigenvalue weighted by atomic mass is 9.94. The van der Waals surface area contributed by atoms with Gasteiger partial charge in [-0.05, 0) is 50.4 Å². The maximum absolute atomic E-state index is 15.1. The number of anilines is 1. The number of hydrogen-bond acceptors (Lipinski definition) is 7. The van der Waals surface area contributed by atoms with Gasteiger partial charge in [0.2, 0.25) is 17.7 Å². The molecule has 4 heterocycles. The van der Waals surface area contributed by atoms with E-state index in [0.29, 0.717) is 38.5 Å². The number of halogens is 2. The Balaban J connectivity index is 0.00000304. The minimum Gasteiger partial charge on any atom is -0.366 e. The molecule has 0 radical (unpaired) electrons. The highest BCUT2D eigenvalue weighted by atomic mass is 35.5. The van der Waals surface area contributed by atoms with Crippen molar-refractivity contribution in [2.45, 2.75) is 38.1 Å². The molecule has 4 aliphatic heterocycles. The first-order valence-corrected chi connectivity index (χ1v) is 12.1. The zero-order chi connectivity index (χ0) is 24.7. The second-order valence-corrected chi connectivity index (χ2v) is 9.56. The molecule has 0 aliphatic carbocycles. The van der Waals surface area contributed by atoms with Crippen molar-refractivity contribution < 1.29 is 28.4 Å². The Morgan fingerprint density at radius 2 is 1.58 bits per heavy atom. The second kappa shape index (κ2) is 10.5. The van der Waals surface area contributed by atoms with Crippen LogP contribution in [0.4, 0.5) is 10.1 Å². The number of amides is 5. The summed E-state index contributed by atoms with van der Waals surface area (Å²) in [4.78, 5) is 66.7. The summed E-state index contributed by atoms with van der Waals surface area (Å²) in [7, 11) is 0. The van der Waals surface area contributed by atoms with Crippen molar-refractivity contribution in [2.75, 3.05) is 44.2 Å². The molecule has 1 unspecified atom stereocenters. The van der Waals surface area contributed by atoms with Crippen molar-refractivity contribution in [3.63, 3.8) is 0 Å². The number of carbonyl (C=O) groups is 5. The van der Waals surface area contributed by atoms with Crippen LogP contribution in [-0.4, -0.2) is 84.6 Å². The predicted octanol–water partition coefficient (Wildman–Crippen LogP) is 0.687. The Kier molecular flexibility index (Phi) is 7.60. The van der Waals surface area contributed by atoms with E-state index >= 15 is 4.39 Å². The zero-order valence-corrected chi connectivity index (χ0v) is 20.6. The van der Waals surface area contributed by atoms with E-state index in [1.165, 1.54) is 6.07 Å². The molecular weight excluding hydrogens is 493 g/mol. The molecule has 12 heteroatoms. The highest BCUT2D eigenvalue weighted by Gasteiger charge is 2.45. The van der Waals surface area contributed by atoms with Gasteiger partial charge in [-0.2, -0.15) is 0 Å². The Morgan fingerprint density at radius 3 is 2.22 bits per heavy atom. The summed E-state index contributed by atoms with van der Waals surface area (Å²) in [6.07, 6.45) is 2.58. The van der Waals surface area contributed by atoms with Crippen LogP contribution in [0.3, 0.4) is 0 Å². The average Bonchev–Trinajstić information content (AvgIpc) is 3.08.